The number of nitrogens with zero attached hydrogens (tertiary/aromatic N) is 3. The first-order chi connectivity index (χ1) is 11.8. The van der Waals surface area contributed by atoms with Gasteiger partial charge in [-0.15, -0.1) is 0 Å². The monoisotopic (exact) mass is 319 g/mol. The number of carbonyl (C=O) groups is 1. The molecule has 0 spiro atoms. The van der Waals surface area contributed by atoms with E-state index in [-0.39, 0.29) is 5.97 Å². The van der Waals surface area contributed by atoms with Crippen molar-refractivity contribution < 1.29 is 13.9 Å². The number of imidazole rings is 1. The van der Waals surface area contributed by atoms with Crippen LogP contribution >= 0.6 is 0 Å². The predicted molar refractivity (Wildman–Crippen MR) is 87.5 cm³/mol. The third-order valence-corrected chi connectivity index (χ3v) is 3.80. The minimum Gasteiger partial charge on any atom is -0.472 e. The number of furan rings is 1. The van der Waals surface area contributed by atoms with Crippen molar-refractivity contribution in [1.82, 2.24) is 14.4 Å². The molecule has 24 heavy (non-hydrogen) atoms. The van der Waals surface area contributed by atoms with Gasteiger partial charge in [-0.1, -0.05) is 0 Å². The first-order valence-corrected chi connectivity index (χ1v) is 7.31. The number of ether oxygens (including phenoxy) is 1. The van der Waals surface area contributed by atoms with Crippen LogP contribution in [0.2, 0.25) is 0 Å². The number of methoxy groups -OCH3 is 1. The Balaban J connectivity index is 1.84. The van der Waals surface area contributed by atoms with Crippen LogP contribution in [0.1, 0.15) is 10.4 Å². The van der Waals surface area contributed by atoms with Crippen LogP contribution < -0.4 is 0 Å². The molecule has 0 radical (unpaired) electrons. The molecule has 0 bridgehead atoms. The van der Waals surface area contributed by atoms with Crippen LogP contribution in [0.25, 0.3) is 28.2 Å². The van der Waals surface area contributed by atoms with Crippen LogP contribution in [0.15, 0.2) is 65.9 Å². The Kier molecular flexibility index (Phi) is 3.35. The second-order valence-electron chi connectivity index (χ2n) is 5.22. The summed E-state index contributed by atoms with van der Waals surface area (Å²) in [4.78, 5) is 20.5. The van der Waals surface area contributed by atoms with E-state index in [0.29, 0.717) is 5.56 Å². The van der Waals surface area contributed by atoms with Crippen LogP contribution in [-0.4, -0.2) is 27.4 Å². The van der Waals surface area contributed by atoms with Gasteiger partial charge in [0, 0.05) is 23.5 Å². The van der Waals surface area contributed by atoms with E-state index in [4.69, 9.17) is 9.15 Å². The van der Waals surface area contributed by atoms with Crippen molar-refractivity contribution in [1.29, 1.82) is 0 Å². The smallest absolute Gasteiger partial charge is 0.339 e. The fraction of sp³-hybridized carbons (Fsp3) is 0.0556. The highest BCUT2D eigenvalue weighted by Gasteiger charge is 2.12. The summed E-state index contributed by atoms with van der Waals surface area (Å²) in [6.45, 7) is 0. The SMILES string of the molecule is COC(=O)c1ccc2ncc(-c3ccnc(-c4ccoc4)c3)n2c1. The third kappa shape index (κ3) is 2.34. The molecule has 118 valence electrons. The van der Waals surface area contributed by atoms with Crippen LogP contribution in [0, 0.1) is 0 Å². The van der Waals surface area contributed by atoms with E-state index in [1.54, 1.807) is 43.2 Å². The molecular weight excluding hydrogens is 306 g/mol. The quantitative estimate of drug-likeness (QED) is 0.541. The van der Waals surface area contributed by atoms with E-state index in [1.165, 1.54) is 7.11 Å². The number of carbonyl (C=O) groups excluding carboxylic acids is 1. The number of esters is 1. The Labute approximate surface area is 137 Å². The zero-order valence-electron chi connectivity index (χ0n) is 12.8. The van der Waals surface area contributed by atoms with Crippen molar-refractivity contribution in [2.75, 3.05) is 7.11 Å². The summed E-state index contributed by atoms with van der Waals surface area (Å²) < 4.78 is 11.8. The van der Waals surface area contributed by atoms with Gasteiger partial charge in [0.1, 0.15) is 5.65 Å². The lowest BCUT2D eigenvalue weighted by molar-refractivity contribution is 0.0600. The summed E-state index contributed by atoms with van der Waals surface area (Å²) in [5.74, 6) is -0.384. The second-order valence-corrected chi connectivity index (χ2v) is 5.22. The van der Waals surface area contributed by atoms with Gasteiger partial charge < -0.3 is 9.15 Å². The molecule has 6 heteroatoms. The standard InChI is InChI=1S/C18H13N3O3/c1-23-18(22)13-2-3-17-20-9-16(21(17)10-13)12-4-6-19-15(8-12)14-5-7-24-11-14/h2-11H,1H3. The zero-order valence-corrected chi connectivity index (χ0v) is 12.8. The van der Waals surface area contributed by atoms with Crippen molar-refractivity contribution in [2.24, 2.45) is 0 Å². The number of hydrogen-bond donors (Lipinski definition) is 0. The lowest BCUT2D eigenvalue weighted by Crippen LogP contribution is -2.03. The molecule has 0 aliphatic carbocycles. The summed E-state index contributed by atoms with van der Waals surface area (Å²) in [5.41, 5.74) is 4.73. The van der Waals surface area contributed by atoms with E-state index >= 15 is 0 Å². The molecule has 0 unspecified atom stereocenters. The number of aromatic nitrogens is 3. The van der Waals surface area contributed by atoms with E-state index in [0.717, 1.165) is 28.2 Å². The highest BCUT2D eigenvalue weighted by atomic mass is 16.5. The van der Waals surface area contributed by atoms with Gasteiger partial charge in [0.05, 0.1) is 42.8 Å². The van der Waals surface area contributed by atoms with Gasteiger partial charge in [0.25, 0.3) is 0 Å². The average Bonchev–Trinajstić information content (AvgIpc) is 3.30. The Morgan fingerprint density at radius 2 is 2.08 bits per heavy atom. The summed E-state index contributed by atoms with van der Waals surface area (Å²) >= 11 is 0. The molecule has 0 aromatic carbocycles. The van der Waals surface area contributed by atoms with Crippen molar-refractivity contribution in [3.8, 4) is 22.5 Å². The molecule has 0 saturated heterocycles. The van der Waals surface area contributed by atoms with Crippen LogP contribution in [-0.2, 0) is 4.74 Å². The molecule has 0 fully saturated rings. The second kappa shape index (κ2) is 5.66. The Morgan fingerprint density at radius 1 is 1.17 bits per heavy atom. The summed E-state index contributed by atoms with van der Waals surface area (Å²) in [7, 11) is 1.36. The molecule has 6 nitrogen and oxygen atoms in total. The highest BCUT2D eigenvalue weighted by Crippen LogP contribution is 2.26. The van der Waals surface area contributed by atoms with Gasteiger partial charge in [-0.25, -0.2) is 9.78 Å². The van der Waals surface area contributed by atoms with Gasteiger partial charge >= 0.3 is 5.97 Å². The van der Waals surface area contributed by atoms with Crippen molar-refractivity contribution in [3.05, 3.63) is 67.0 Å². The van der Waals surface area contributed by atoms with Gasteiger partial charge in [0.2, 0.25) is 0 Å². The van der Waals surface area contributed by atoms with E-state index < -0.39 is 0 Å². The first kappa shape index (κ1) is 14.2. The third-order valence-electron chi connectivity index (χ3n) is 3.80. The summed E-state index contributed by atoms with van der Waals surface area (Å²) in [6.07, 6.45) is 8.49. The van der Waals surface area contributed by atoms with E-state index in [9.17, 15) is 4.79 Å². The Morgan fingerprint density at radius 3 is 2.88 bits per heavy atom. The average molecular weight is 319 g/mol. The maximum Gasteiger partial charge on any atom is 0.339 e. The first-order valence-electron chi connectivity index (χ1n) is 7.31. The van der Waals surface area contributed by atoms with Gasteiger partial charge in [-0.3, -0.25) is 9.38 Å². The molecule has 0 atom stereocenters. The molecule has 4 aromatic rings. The van der Waals surface area contributed by atoms with E-state index in [2.05, 4.69) is 9.97 Å². The molecule has 4 rings (SSSR count). The summed E-state index contributed by atoms with van der Waals surface area (Å²) in [6, 6.07) is 9.20. The van der Waals surface area contributed by atoms with Gasteiger partial charge in [0.15, 0.2) is 0 Å². The largest absolute Gasteiger partial charge is 0.472 e. The summed E-state index contributed by atoms with van der Waals surface area (Å²) in [5, 5.41) is 0. The lowest BCUT2D eigenvalue weighted by atomic mass is 10.1. The predicted octanol–water partition coefficient (Wildman–Crippen LogP) is 3.44. The fourth-order valence-electron chi connectivity index (χ4n) is 2.59. The zero-order chi connectivity index (χ0) is 16.5. The van der Waals surface area contributed by atoms with Crippen LogP contribution in [0.5, 0.6) is 0 Å². The van der Waals surface area contributed by atoms with Crippen molar-refractivity contribution >= 4 is 11.6 Å². The molecule has 0 amide bonds. The molecule has 0 aliphatic heterocycles. The molecule has 0 saturated carbocycles. The van der Waals surface area contributed by atoms with Gasteiger partial charge in [-0.05, 0) is 30.3 Å². The number of rotatable bonds is 3. The number of pyridine rings is 2. The molecule has 4 heterocycles. The lowest BCUT2D eigenvalue weighted by Gasteiger charge is -2.05. The Hall–Kier alpha value is -3.41. The van der Waals surface area contributed by atoms with Gasteiger partial charge in [-0.2, -0.15) is 0 Å². The number of fused-ring (bicyclic) bond motifs is 1. The molecule has 0 N–H and O–H groups in total. The Bertz CT molecular complexity index is 1020. The van der Waals surface area contributed by atoms with Crippen molar-refractivity contribution in [2.45, 2.75) is 0 Å². The molecule has 0 aliphatic rings. The van der Waals surface area contributed by atoms with Crippen LogP contribution in [0.3, 0.4) is 0 Å². The van der Waals surface area contributed by atoms with E-state index in [1.807, 2.05) is 22.6 Å². The van der Waals surface area contributed by atoms with Crippen molar-refractivity contribution in [3.63, 3.8) is 0 Å². The maximum absolute atomic E-state index is 11.8. The maximum atomic E-state index is 11.8. The minimum atomic E-state index is -0.384. The highest BCUT2D eigenvalue weighted by molar-refractivity contribution is 5.89. The topological polar surface area (TPSA) is 69.6 Å². The molecular formula is C18H13N3O3. The normalized spacial score (nSPS) is 10.9. The van der Waals surface area contributed by atoms with Crippen LogP contribution in [0.4, 0.5) is 0 Å². The molecule has 4 aromatic heterocycles. The fourth-order valence-corrected chi connectivity index (χ4v) is 2.59. The minimum absolute atomic E-state index is 0.384. The number of hydrogen-bond acceptors (Lipinski definition) is 5.